The molecule has 5 heteroatoms. The van der Waals surface area contributed by atoms with E-state index in [2.05, 4.69) is 9.72 Å². The Morgan fingerprint density at radius 1 is 1.29 bits per heavy atom. The first-order valence-electron chi connectivity index (χ1n) is 5.07. The number of hydrogen-bond acceptors (Lipinski definition) is 5. The van der Waals surface area contributed by atoms with E-state index in [-0.39, 0.29) is 12.5 Å². The summed E-state index contributed by atoms with van der Waals surface area (Å²) in [6, 6.07) is 6.95. The van der Waals surface area contributed by atoms with Crippen molar-refractivity contribution < 1.29 is 19.0 Å². The number of aromatic nitrogens is 1. The number of esters is 1. The van der Waals surface area contributed by atoms with Crippen LogP contribution >= 0.6 is 0 Å². The van der Waals surface area contributed by atoms with Crippen LogP contribution in [0, 0.1) is 0 Å². The number of carbonyl (C=O) groups is 1. The summed E-state index contributed by atoms with van der Waals surface area (Å²) >= 11 is 0. The summed E-state index contributed by atoms with van der Waals surface area (Å²) in [5, 5.41) is 0.827. The maximum Gasteiger partial charge on any atom is 0.356 e. The van der Waals surface area contributed by atoms with Gasteiger partial charge in [0.25, 0.3) is 0 Å². The topological polar surface area (TPSA) is 57.7 Å². The van der Waals surface area contributed by atoms with E-state index >= 15 is 0 Å². The van der Waals surface area contributed by atoms with Gasteiger partial charge in [-0.1, -0.05) is 0 Å². The van der Waals surface area contributed by atoms with Gasteiger partial charge in [0.1, 0.15) is 5.69 Å². The predicted octanol–water partition coefficient (Wildman–Crippen LogP) is 1.75. The molecule has 0 radical (unpaired) electrons. The van der Waals surface area contributed by atoms with Gasteiger partial charge in [0.2, 0.25) is 6.79 Å². The van der Waals surface area contributed by atoms with Gasteiger partial charge in [-0.05, 0) is 24.3 Å². The number of nitrogens with zero attached hydrogens (tertiary/aromatic N) is 1. The van der Waals surface area contributed by atoms with Gasteiger partial charge in [0, 0.05) is 5.39 Å². The van der Waals surface area contributed by atoms with E-state index in [4.69, 9.17) is 9.47 Å². The van der Waals surface area contributed by atoms with Crippen LogP contribution in [0.1, 0.15) is 10.5 Å². The molecule has 0 N–H and O–H groups in total. The van der Waals surface area contributed by atoms with Crippen molar-refractivity contribution in [2.75, 3.05) is 13.9 Å². The van der Waals surface area contributed by atoms with E-state index in [0.717, 1.165) is 5.39 Å². The van der Waals surface area contributed by atoms with Gasteiger partial charge in [-0.25, -0.2) is 9.78 Å². The molecule has 0 saturated heterocycles. The zero-order valence-corrected chi connectivity index (χ0v) is 9.10. The number of fused-ring (bicyclic) bond motifs is 3. The summed E-state index contributed by atoms with van der Waals surface area (Å²) in [5.41, 5.74) is 0.955. The molecule has 0 aliphatic carbocycles. The maximum atomic E-state index is 11.4. The molecule has 0 saturated carbocycles. The normalized spacial score (nSPS) is 12.8. The van der Waals surface area contributed by atoms with Crippen LogP contribution in [0.4, 0.5) is 0 Å². The Hall–Kier alpha value is -2.30. The highest BCUT2D eigenvalue weighted by molar-refractivity contribution is 5.94. The number of benzene rings is 1. The Kier molecular flexibility index (Phi) is 2.11. The second kappa shape index (κ2) is 3.62. The van der Waals surface area contributed by atoms with Gasteiger partial charge in [0.05, 0.1) is 12.6 Å². The number of carbonyl (C=O) groups excluding carboxylic acids is 1. The Morgan fingerprint density at radius 2 is 2.18 bits per heavy atom. The smallest absolute Gasteiger partial charge is 0.356 e. The summed E-state index contributed by atoms with van der Waals surface area (Å²) in [5.74, 6) is 0.918. The molecule has 86 valence electrons. The number of rotatable bonds is 1. The predicted molar refractivity (Wildman–Crippen MR) is 59.2 cm³/mol. The third-order valence-corrected chi connectivity index (χ3v) is 2.60. The first-order chi connectivity index (χ1) is 8.29. The lowest BCUT2D eigenvalue weighted by atomic mass is 10.1. The minimum atomic E-state index is -0.454. The van der Waals surface area contributed by atoms with Crippen LogP contribution in [0.25, 0.3) is 10.9 Å². The fourth-order valence-corrected chi connectivity index (χ4v) is 1.79. The molecule has 0 spiro atoms. The van der Waals surface area contributed by atoms with Crippen molar-refractivity contribution in [1.82, 2.24) is 4.98 Å². The Bertz CT molecular complexity index is 609. The standard InChI is InChI=1S/C12H9NO4/c1-15-12(14)9-3-2-7-8(13-9)4-5-10-11(7)17-6-16-10/h2-5H,6H2,1H3. The van der Waals surface area contributed by atoms with E-state index in [0.29, 0.717) is 17.0 Å². The van der Waals surface area contributed by atoms with Crippen molar-refractivity contribution in [3.8, 4) is 11.5 Å². The summed E-state index contributed by atoms with van der Waals surface area (Å²) in [7, 11) is 1.33. The molecule has 3 rings (SSSR count). The van der Waals surface area contributed by atoms with Crippen molar-refractivity contribution in [2.45, 2.75) is 0 Å². The Balaban J connectivity index is 2.19. The molecule has 1 aromatic heterocycles. The zero-order chi connectivity index (χ0) is 11.8. The largest absolute Gasteiger partial charge is 0.464 e. The highest BCUT2D eigenvalue weighted by atomic mass is 16.7. The van der Waals surface area contributed by atoms with Gasteiger partial charge in [-0.3, -0.25) is 0 Å². The molecule has 1 aliphatic heterocycles. The van der Waals surface area contributed by atoms with Crippen molar-refractivity contribution in [1.29, 1.82) is 0 Å². The first-order valence-corrected chi connectivity index (χ1v) is 5.07. The fraction of sp³-hybridized carbons (Fsp3) is 0.167. The van der Waals surface area contributed by atoms with Gasteiger partial charge < -0.3 is 14.2 Å². The second-order valence-corrected chi connectivity index (χ2v) is 3.55. The van der Waals surface area contributed by atoms with Gasteiger partial charge in [-0.15, -0.1) is 0 Å². The average Bonchev–Trinajstić information content (AvgIpc) is 2.85. The van der Waals surface area contributed by atoms with Crippen LogP contribution in [0.5, 0.6) is 11.5 Å². The minimum absolute atomic E-state index is 0.215. The van der Waals surface area contributed by atoms with Crippen LogP contribution in [0.3, 0.4) is 0 Å². The lowest BCUT2D eigenvalue weighted by molar-refractivity contribution is 0.0594. The molecule has 2 heterocycles. The molecular formula is C12H9NO4. The minimum Gasteiger partial charge on any atom is -0.464 e. The van der Waals surface area contributed by atoms with Crippen LogP contribution in [0.15, 0.2) is 24.3 Å². The van der Waals surface area contributed by atoms with Crippen LogP contribution in [0.2, 0.25) is 0 Å². The van der Waals surface area contributed by atoms with E-state index in [1.165, 1.54) is 7.11 Å². The molecule has 0 fully saturated rings. The number of ether oxygens (including phenoxy) is 3. The van der Waals surface area contributed by atoms with Gasteiger partial charge >= 0.3 is 5.97 Å². The molecule has 1 aromatic carbocycles. The van der Waals surface area contributed by atoms with Crippen molar-refractivity contribution in [3.63, 3.8) is 0 Å². The molecule has 5 nitrogen and oxygen atoms in total. The van der Waals surface area contributed by atoms with Crippen LogP contribution in [-0.2, 0) is 4.74 Å². The van der Waals surface area contributed by atoms with E-state index in [1.807, 2.05) is 0 Å². The molecule has 0 unspecified atom stereocenters. The maximum absolute atomic E-state index is 11.4. The highest BCUT2D eigenvalue weighted by Gasteiger charge is 2.18. The van der Waals surface area contributed by atoms with Crippen LogP contribution < -0.4 is 9.47 Å². The number of hydrogen-bond donors (Lipinski definition) is 0. The zero-order valence-electron chi connectivity index (χ0n) is 9.10. The van der Waals surface area contributed by atoms with Crippen molar-refractivity contribution in [3.05, 3.63) is 30.0 Å². The molecule has 0 bridgehead atoms. The summed E-state index contributed by atoms with van der Waals surface area (Å²) in [6.45, 7) is 0.215. The molecule has 0 atom stereocenters. The average molecular weight is 231 g/mol. The number of methoxy groups -OCH3 is 1. The second-order valence-electron chi connectivity index (χ2n) is 3.55. The van der Waals surface area contributed by atoms with E-state index < -0.39 is 5.97 Å². The van der Waals surface area contributed by atoms with E-state index in [9.17, 15) is 4.79 Å². The summed E-state index contributed by atoms with van der Waals surface area (Å²) in [6.07, 6.45) is 0. The van der Waals surface area contributed by atoms with Crippen molar-refractivity contribution >= 4 is 16.9 Å². The monoisotopic (exact) mass is 231 g/mol. The quantitative estimate of drug-likeness (QED) is 0.700. The third-order valence-electron chi connectivity index (χ3n) is 2.60. The Morgan fingerprint density at radius 3 is 3.00 bits per heavy atom. The molecule has 0 amide bonds. The summed E-state index contributed by atoms with van der Waals surface area (Å²) < 4.78 is 15.2. The molecule has 1 aliphatic rings. The first kappa shape index (κ1) is 9.89. The molecular weight excluding hydrogens is 222 g/mol. The SMILES string of the molecule is COC(=O)c1ccc2c3c(ccc2n1)OCO3. The van der Waals surface area contributed by atoms with Crippen LogP contribution in [-0.4, -0.2) is 24.9 Å². The third kappa shape index (κ3) is 1.47. The lowest BCUT2D eigenvalue weighted by Gasteiger charge is -2.03. The van der Waals surface area contributed by atoms with Gasteiger partial charge in [-0.2, -0.15) is 0 Å². The number of pyridine rings is 1. The Labute approximate surface area is 96.9 Å². The molecule has 17 heavy (non-hydrogen) atoms. The highest BCUT2D eigenvalue weighted by Crippen LogP contribution is 2.38. The molecule has 2 aromatic rings. The van der Waals surface area contributed by atoms with Crippen molar-refractivity contribution in [2.24, 2.45) is 0 Å². The fourth-order valence-electron chi connectivity index (χ4n) is 1.79. The van der Waals surface area contributed by atoms with E-state index in [1.54, 1.807) is 24.3 Å². The summed E-state index contributed by atoms with van der Waals surface area (Å²) in [4.78, 5) is 15.6. The van der Waals surface area contributed by atoms with Gasteiger partial charge in [0.15, 0.2) is 11.5 Å². The lowest BCUT2D eigenvalue weighted by Crippen LogP contribution is -2.03.